The van der Waals surface area contributed by atoms with Gasteiger partial charge >= 0.3 is 0 Å². The Morgan fingerprint density at radius 3 is 3.14 bits per heavy atom. The number of methoxy groups -OCH3 is 1. The molecule has 2 rings (SSSR count). The third-order valence-corrected chi connectivity index (χ3v) is 3.87. The van der Waals surface area contributed by atoms with Gasteiger partial charge in [0.15, 0.2) is 0 Å². The van der Waals surface area contributed by atoms with Gasteiger partial charge in [-0.05, 0) is 37.1 Å². The lowest BCUT2D eigenvalue weighted by molar-refractivity contribution is -0.120. The first-order valence-electron chi connectivity index (χ1n) is 7.43. The second-order valence-corrected chi connectivity index (χ2v) is 5.44. The average molecular weight is 294 g/mol. The Labute approximate surface area is 125 Å². The third-order valence-electron chi connectivity index (χ3n) is 3.87. The molecule has 1 fully saturated rings. The van der Waals surface area contributed by atoms with Crippen LogP contribution in [0.3, 0.4) is 0 Å². The molecule has 0 saturated carbocycles. The van der Waals surface area contributed by atoms with E-state index < -0.39 is 0 Å². The largest absolute Gasteiger partial charge is 0.383 e. The van der Waals surface area contributed by atoms with Gasteiger partial charge in [0.1, 0.15) is 5.82 Å². The Balaban J connectivity index is 1.75. The van der Waals surface area contributed by atoms with Crippen LogP contribution in [0.25, 0.3) is 0 Å². The van der Waals surface area contributed by atoms with E-state index in [0.717, 1.165) is 25.9 Å². The fraction of sp³-hybridized carbons (Fsp3) is 0.562. The number of halogens is 1. The molecule has 21 heavy (non-hydrogen) atoms. The highest BCUT2D eigenvalue weighted by Gasteiger charge is 2.24. The van der Waals surface area contributed by atoms with Gasteiger partial charge in [-0.2, -0.15) is 0 Å². The molecule has 0 bridgehead atoms. The zero-order valence-electron chi connectivity index (χ0n) is 12.5. The molecule has 1 aromatic rings. The number of hydrogen-bond donors (Lipinski definition) is 1. The van der Waals surface area contributed by atoms with Gasteiger partial charge in [-0.1, -0.05) is 12.1 Å². The Bertz CT molecular complexity index is 467. The number of carbonyl (C=O) groups is 1. The predicted octanol–water partition coefficient (Wildman–Crippen LogP) is 1.60. The van der Waals surface area contributed by atoms with Gasteiger partial charge < -0.3 is 10.1 Å². The van der Waals surface area contributed by atoms with Crippen LogP contribution in [0.2, 0.25) is 0 Å². The molecule has 1 aliphatic rings. The van der Waals surface area contributed by atoms with Gasteiger partial charge in [-0.15, -0.1) is 0 Å². The van der Waals surface area contributed by atoms with Crippen molar-refractivity contribution in [3.8, 4) is 0 Å². The number of amides is 1. The predicted molar refractivity (Wildman–Crippen MR) is 79.6 cm³/mol. The summed E-state index contributed by atoms with van der Waals surface area (Å²) in [7, 11) is 1.70. The summed E-state index contributed by atoms with van der Waals surface area (Å²) in [5.74, 6) is -0.360. The lowest BCUT2D eigenvalue weighted by atomic mass is 10.1. The van der Waals surface area contributed by atoms with E-state index >= 15 is 0 Å². The molecular formula is C16H23FN2O2. The molecule has 1 atom stereocenters. The quantitative estimate of drug-likeness (QED) is 0.830. The number of hydrogen-bond acceptors (Lipinski definition) is 3. The molecule has 116 valence electrons. The second kappa shape index (κ2) is 8.10. The molecule has 5 heteroatoms. The number of carbonyl (C=O) groups excluding carboxylic acids is 1. The molecule has 1 heterocycles. The number of likely N-dealkylation sites (tertiary alicyclic amines) is 1. The average Bonchev–Trinajstić information content (AvgIpc) is 2.90. The van der Waals surface area contributed by atoms with Crippen molar-refractivity contribution in [2.24, 2.45) is 0 Å². The molecule has 0 aromatic heterocycles. The molecule has 1 N–H and O–H groups in total. The van der Waals surface area contributed by atoms with Crippen LogP contribution in [0.4, 0.5) is 4.39 Å². The Kier molecular flexibility index (Phi) is 6.14. The highest BCUT2D eigenvalue weighted by molar-refractivity contribution is 5.78. The molecule has 1 unspecified atom stereocenters. The van der Waals surface area contributed by atoms with E-state index in [9.17, 15) is 9.18 Å². The summed E-state index contributed by atoms with van der Waals surface area (Å²) in [4.78, 5) is 14.3. The van der Waals surface area contributed by atoms with Gasteiger partial charge in [0.2, 0.25) is 5.91 Å². The summed E-state index contributed by atoms with van der Waals surface area (Å²) in [6.45, 7) is 3.33. The molecule has 0 spiro atoms. The van der Waals surface area contributed by atoms with Crippen LogP contribution in [-0.2, 0) is 16.0 Å². The molecule has 1 aliphatic heterocycles. The van der Waals surface area contributed by atoms with Crippen LogP contribution >= 0.6 is 0 Å². The molecule has 1 amide bonds. The number of ether oxygens (including phenoxy) is 1. The molecule has 1 aromatic carbocycles. The summed E-state index contributed by atoms with van der Waals surface area (Å²) < 4.78 is 18.2. The van der Waals surface area contributed by atoms with E-state index in [1.165, 1.54) is 12.1 Å². The molecule has 4 nitrogen and oxygen atoms in total. The van der Waals surface area contributed by atoms with E-state index in [1.807, 2.05) is 0 Å². The fourth-order valence-electron chi connectivity index (χ4n) is 2.76. The van der Waals surface area contributed by atoms with Gasteiger partial charge in [0.25, 0.3) is 0 Å². The van der Waals surface area contributed by atoms with Crippen molar-refractivity contribution in [3.63, 3.8) is 0 Å². The minimum atomic E-state index is -0.304. The Morgan fingerprint density at radius 2 is 2.38 bits per heavy atom. The topological polar surface area (TPSA) is 41.6 Å². The summed E-state index contributed by atoms with van der Waals surface area (Å²) in [6, 6.07) is 6.56. The molecular weight excluding hydrogens is 271 g/mol. The lowest BCUT2D eigenvalue weighted by Gasteiger charge is -2.24. The normalized spacial score (nSPS) is 18.9. The number of benzene rings is 1. The van der Waals surface area contributed by atoms with Crippen LogP contribution in [0.15, 0.2) is 24.3 Å². The van der Waals surface area contributed by atoms with Crippen LogP contribution in [-0.4, -0.2) is 50.2 Å². The van der Waals surface area contributed by atoms with Gasteiger partial charge in [0, 0.05) is 26.2 Å². The lowest BCUT2D eigenvalue weighted by Crippen LogP contribution is -2.41. The van der Waals surface area contributed by atoms with Crippen molar-refractivity contribution in [3.05, 3.63) is 35.6 Å². The van der Waals surface area contributed by atoms with Crippen LogP contribution in [0.1, 0.15) is 18.4 Å². The van der Waals surface area contributed by atoms with Crippen molar-refractivity contribution in [1.29, 1.82) is 0 Å². The maximum Gasteiger partial charge on any atom is 0.224 e. The first kappa shape index (κ1) is 15.9. The van der Waals surface area contributed by atoms with Crippen molar-refractivity contribution >= 4 is 5.91 Å². The van der Waals surface area contributed by atoms with Crippen molar-refractivity contribution < 1.29 is 13.9 Å². The van der Waals surface area contributed by atoms with Gasteiger partial charge in [-0.25, -0.2) is 4.39 Å². The van der Waals surface area contributed by atoms with E-state index in [0.29, 0.717) is 24.8 Å². The summed E-state index contributed by atoms with van der Waals surface area (Å²) in [6.07, 6.45) is 2.49. The maximum absolute atomic E-state index is 13.1. The zero-order chi connectivity index (χ0) is 15.1. The second-order valence-electron chi connectivity index (χ2n) is 5.44. The highest BCUT2D eigenvalue weighted by atomic mass is 19.1. The SMILES string of the molecule is COCCN1CCCC1CNC(=O)Cc1cccc(F)c1. The molecule has 1 saturated heterocycles. The number of nitrogens with zero attached hydrogens (tertiary/aromatic N) is 1. The maximum atomic E-state index is 13.1. The van der Waals surface area contributed by atoms with E-state index in [-0.39, 0.29) is 18.1 Å². The summed E-state index contributed by atoms with van der Waals surface area (Å²) >= 11 is 0. The van der Waals surface area contributed by atoms with E-state index in [1.54, 1.807) is 19.2 Å². The minimum absolute atomic E-state index is 0.0563. The van der Waals surface area contributed by atoms with E-state index in [2.05, 4.69) is 10.2 Å². The smallest absolute Gasteiger partial charge is 0.224 e. The van der Waals surface area contributed by atoms with Crippen LogP contribution in [0, 0.1) is 5.82 Å². The van der Waals surface area contributed by atoms with Gasteiger partial charge in [-0.3, -0.25) is 9.69 Å². The van der Waals surface area contributed by atoms with Gasteiger partial charge in [0.05, 0.1) is 13.0 Å². The first-order chi connectivity index (χ1) is 10.2. The van der Waals surface area contributed by atoms with E-state index in [4.69, 9.17) is 4.74 Å². The fourth-order valence-corrected chi connectivity index (χ4v) is 2.76. The number of nitrogens with one attached hydrogen (secondary N) is 1. The summed E-state index contributed by atoms with van der Waals surface area (Å²) in [5.41, 5.74) is 0.704. The first-order valence-corrected chi connectivity index (χ1v) is 7.43. The van der Waals surface area contributed by atoms with Crippen LogP contribution in [0.5, 0.6) is 0 Å². The Hall–Kier alpha value is -1.46. The molecule has 0 radical (unpaired) electrons. The minimum Gasteiger partial charge on any atom is -0.383 e. The molecule has 0 aliphatic carbocycles. The zero-order valence-corrected chi connectivity index (χ0v) is 12.5. The Morgan fingerprint density at radius 1 is 1.52 bits per heavy atom. The van der Waals surface area contributed by atoms with Crippen molar-refractivity contribution in [1.82, 2.24) is 10.2 Å². The van der Waals surface area contributed by atoms with Crippen molar-refractivity contribution in [2.45, 2.75) is 25.3 Å². The monoisotopic (exact) mass is 294 g/mol. The standard InChI is InChI=1S/C16H23FN2O2/c1-21-9-8-19-7-3-6-15(19)12-18-16(20)11-13-4-2-5-14(17)10-13/h2,4-5,10,15H,3,6-9,11-12H2,1H3,(H,18,20). The third kappa shape index (κ3) is 5.10. The summed E-state index contributed by atoms with van der Waals surface area (Å²) in [5, 5.41) is 2.96. The number of rotatable bonds is 7. The highest BCUT2D eigenvalue weighted by Crippen LogP contribution is 2.15. The van der Waals surface area contributed by atoms with Crippen LogP contribution < -0.4 is 5.32 Å². The van der Waals surface area contributed by atoms with Crippen molar-refractivity contribution in [2.75, 3.05) is 33.4 Å².